The van der Waals surface area contributed by atoms with Crippen LogP contribution in [-0.4, -0.2) is 29.2 Å². The number of carbonyl (C=O) groups is 1. The molecule has 0 bridgehead atoms. The van der Waals surface area contributed by atoms with Crippen LogP contribution in [0, 0.1) is 5.82 Å². The van der Waals surface area contributed by atoms with E-state index in [0.717, 1.165) is 18.7 Å². The normalized spacial score (nSPS) is 10.5. The van der Waals surface area contributed by atoms with Crippen LogP contribution < -0.4 is 5.32 Å². The number of hydrogen-bond donors (Lipinski definition) is 1. The molecule has 1 heterocycles. The minimum absolute atomic E-state index is 0.0466. The molecule has 0 unspecified atom stereocenters. The van der Waals surface area contributed by atoms with E-state index in [-0.39, 0.29) is 5.56 Å². The molecule has 1 aromatic carbocycles. The maximum Gasteiger partial charge on any atom is 0.340 e. The zero-order valence-corrected chi connectivity index (χ0v) is 11.2. The number of esters is 1. The van der Waals surface area contributed by atoms with Crippen molar-refractivity contribution in [1.82, 2.24) is 14.9 Å². The molecule has 1 aromatic heterocycles. The second-order valence-corrected chi connectivity index (χ2v) is 4.28. The van der Waals surface area contributed by atoms with Gasteiger partial charge in [0.25, 0.3) is 0 Å². The lowest BCUT2D eigenvalue weighted by Crippen LogP contribution is -2.19. The molecule has 6 heteroatoms. The van der Waals surface area contributed by atoms with Crippen molar-refractivity contribution >= 4 is 5.97 Å². The maximum absolute atomic E-state index is 13.7. The second-order valence-electron chi connectivity index (χ2n) is 4.28. The van der Waals surface area contributed by atoms with Crippen LogP contribution in [0.25, 0.3) is 0 Å². The molecule has 0 fully saturated rings. The topological polar surface area (TPSA) is 56.1 Å². The molecule has 0 radical (unpaired) electrons. The largest absolute Gasteiger partial charge is 0.465 e. The van der Waals surface area contributed by atoms with Gasteiger partial charge in [0.2, 0.25) is 0 Å². The molecule has 1 N–H and O–H groups in total. The zero-order valence-electron chi connectivity index (χ0n) is 11.2. The van der Waals surface area contributed by atoms with E-state index in [2.05, 4.69) is 15.0 Å². The van der Waals surface area contributed by atoms with E-state index in [1.54, 1.807) is 18.6 Å². The lowest BCUT2D eigenvalue weighted by Gasteiger charge is -2.07. The molecule has 0 amide bonds. The number of rotatable bonds is 6. The minimum Gasteiger partial charge on any atom is -0.465 e. The van der Waals surface area contributed by atoms with Crippen LogP contribution in [0.3, 0.4) is 0 Å². The van der Waals surface area contributed by atoms with E-state index >= 15 is 0 Å². The summed E-state index contributed by atoms with van der Waals surface area (Å²) in [6, 6.07) is 4.49. The Morgan fingerprint density at radius 1 is 1.50 bits per heavy atom. The number of carbonyl (C=O) groups excluding carboxylic acids is 1. The van der Waals surface area contributed by atoms with Gasteiger partial charge in [0.1, 0.15) is 5.82 Å². The Hall–Kier alpha value is -2.21. The predicted octanol–water partition coefficient (Wildman–Crippen LogP) is 1.60. The third-order valence-electron chi connectivity index (χ3n) is 2.87. The Morgan fingerprint density at radius 2 is 2.35 bits per heavy atom. The fourth-order valence-corrected chi connectivity index (χ4v) is 1.80. The molecule has 0 aliphatic heterocycles. The summed E-state index contributed by atoms with van der Waals surface area (Å²) < 4.78 is 20.1. The second kappa shape index (κ2) is 6.81. The number of methoxy groups -OCH3 is 1. The zero-order chi connectivity index (χ0) is 14.4. The van der Waals surface area contributed by atoms with Crippen LogP contribution in [0.5, 0.6) is 0 Å². The molecule has 0 saturated carbocycles. The number of benzene rings is 1. The van der Waals surface area contributed by atoms with Gasteiger partial charge < -0.3 is 14.6 Å². The van der Waals surface area contributed by atoms with Crippen LogP contribution in [0.15, 0.2) is 36.9 Å². The van der Waals surface area contributed by atoms with Crippen molar-refractivity contribution in [2.24, 2.45) is 0 Å². The van der Waals surface area contributed by atoms with Crippen molar-refractivity contribution in [1.29, 1.82) is 0 Å². The van der Waals surface area contributed by atoms with Crippen molar-refractivity contribution < 1.29 is 13.9 Å². The average Bonchev–Trinajstić information content (AvgIpc) is 2.96. The van der Waals surface area contributed by atoms with Gasteiger partial charge in [-0.2, -0.15) is 0 Å². The van der Waals surface area contributed by atoms with Gasteiger partial charge in [-0.05, 0) is 17.7 Å². The van der Waals surface area contributed by atoms with Gasteiger partial charge in [0.05, 0.1) is 19.0 Å². The minimum atomic E-state index is -0.665. The monoisotopic (exact) mass is 277 g/mol. The first-order chi connectivity index (χ1) is 9.70. The lowest BCUT2D eigenvalue weighted by atomic mass is 10.1. The predicted molar refractivity (Wildman–Crippen MR) is 71.7 cm³/mol. The highest BCUT2D eigenvalue weighted by atomic mass is 19.1. The third kappa shape index (κ3) is 3.64. The van der Waals surface area contributed by atoms with Gasteiger partial charge >= 0.3 is 5.97 Å². The summed E-state index contributed by atoms with van der Waals surface area (Å²) in [5.41, 5.74) is 0.732. The van der Waals surface area contributed by atoms with E-state index in [9.17, 15) is 9.18 Å². The number of nitrogens with one attached hydrogen (secondary N) is 1. The molecule has 106 valence electrons. The van der Waals surface area contributed by atoms with E-state index in [1.807, 2.05) is 10.8 Å². The molecule has 0 aliphatic rings. The van der Waals surface area contributed by atoms with Crippen LogP contribution in [0.4, 0.5) is 4.39 Å². The fourth-order valence-electron chi connectivity index (χ4n) is 1.80. The number of hydrogen-bond acceptors (Lipinski definition) is 4. The maximum atomic E-state index is 13.7. The number of halogens is 1. The van der Waals surface area contributed by atoms with Gasteiger partial charge in [-0.25, -0.2) is 14.2 Å². The first kappa shape index (κ1) is 14.2. The number of nitrogens with zero attached hydrogens (tertiary/aromatic N) is 2. The summed E-state index contributed by atoms with van der Waals surface area (Å²) in [4.78, 5) is 15.2. The van der Waals surface area contributed by atoms with E-state index < -0.39 is 11.8 Å². The number of imidazole rings is 1. The summed E-state index contributed by atoms with van der Waals surface area (Å²) in [5, 5.41) is 3.20. The Morgan fingerprint density at radius 3 is 3.00 bits per heavy atom. The molecule has 0 atom stereocenters. The quantitative estimate of drug-likeness (QED) is 0.643. The average molecular weight is 277 g/mol. The van der Waals surface area contributed by atoms with Crippen molar-refractivity contribution in [3.05, 3.63) is 53.9 Å². The molecular weight excluding hydrogens is 261 g/mol. The first-order valence-electron chi connectivity index (χ1n) is 6.24. The third-order valence-corrected chi connectivity index (χ3v) is 2.87. The summed E-state index contributed by atoms with van der Waals surface area (Å²) in [6.07, 6.45) is 5.35. The summed E-state index contributed by atoms with van der Waals surface area (Å²) in [7, 11) is 1.23. The van der Waals surface area contributed by atoms with Crippen LogP contribution in [0.2, 0.25) is 0 Å². The van der Waals surface area contributed by atoms with Crippen molar-refractivity contribution in [3.63, 3.8) is 0 Å². The van der Waals surface area contributed by atoms with Crippen LogP contribution in [-0.2, 0) is 17.8 Å². The Kier molecular flexibility index (Phi) is 4.84. The highest BCUT2D eigenvalue weighted by Gasteiger charge is 2.11. The number of aromatic nitrogens is 2. The smallest absolute Gasteiger partial charge is 0.340 e. The van der Waals surface area contributed by atoms with Crippen molar-refractivity contribution in [2.75, 3.05) is 13.7 Å². The molecule has 20 heavy (non-hydrogen) atoms. The lowest BCUT2D eigenvalue weighted by molar-refractivity contribution is 0.0595. The first-order valence-corrected chi connectivity index (χ1v) is 6.24. The fraction of sp³-hybridized carbons (Fsp3) is 0.286. The highest BCUT2D eigenvalue weighted by Crippen LogP contribution is 2.11. The van der Waals surface area contributed by atoms with Gasteiger partial charge in [-0.3, -0.25) is 0 Å². The molecular formula is C14H16FN3O2. The van der Waals surface area contributed by atoms with Gasteiger partial charge in [0, 0.05) is 32.0 Å². The summed E-state index contributed by atoms with van der Waals surface area (Å²) in [5.74, 6) is -1.23. The molecule has 0 saturated heterocycles. The summed E-state index contributed by atoms with van der Waals surface area (Å²) >= 11 is 0. The number of ether oxygens (including phenoxy) is 1. The van der Waals surface area contributed by atoms with Gasteiger partial charge in [0.15, 0.2) is 0 Å². The molecule has 5 nitrogen and oxygen atoms in total. The molecule has 0 spiro atoms. The van der Waals surface area contributed by atoms with Crippen molar-refractivity contribution in [2.45, 2.75) is 13.1 Å². The Balaban J connectivity index is 1.84. The van der Waals surface area contributed by atoms with E-state index in [0.29, 0.717) is 6.54 Å². The summed E-state index contributed by atoms with van der Waals surface area (Å²) in [6.45, 7) is 2.08. The van der Waals surface area contributed by atoms with E-state index in [4.69, 9.17) is 0 Å². The standard InChI is InChI=1S/C14H16FN3O2/c1-20-14(19)12-3-2-11(8-13(12)15)9-16-4-6-18-7-5-17-10-18/h2-3,5,7-8,10,16H,4,6,9H2,1H3. The SMILES string of the molecule is COC(=O)c1ccc(CNCCn2ccnc2)cc1F. The molecule has 2 rings (SSSR count). The Labute approximate surface area is 116 Å². The van der Waals surface area contributed by atoms with Gasteiger partial charge in [-0.1, -0.05) is 6.07 Å². The molecule has 0 aliphatic carbocycles. The van der Waals surface area contributed by atoms with Gasteiger partial charge in [-0.15, -0.1) is 0 Å². The van der Waals surface area contributed by atoms with E-state index in [1.165, 1.54) is 19.2 Å². The molecule has 2 aromatic rings. The van der Waals surface area contributed by atoms with Crippen molar-refractivity contribution in [3.8, 4) is 0 Å². The van der Waals surface area contributed by atoms with Crippen LogP contribution >= 0.6 is 0 Å². The van der Waals surface area contributed by atoms with Crippen LogP contribution in [0.1, 0.15) is 15.9 Å². The Bertz CT molecular complexity index is 570. The highest BCUT2D eigenvalue weighted by molar-refractivity contribution is 5.89.